The number of likely N-dealkylation sites (tertiary alicyclic amines) is 2. The van der Waals surface area contributed by atoms with E-state index in [2.05, 4.69) is 84.6 Å². The van der Waals surface area contributed by atoms with Crippen LogP contribution in [0.1, 0.15) is 131 Å². The second-order valence-electron chi connectivity index (χ2n) is 20.4. The van der Waals surface area contributed by atoms with Crippen molar-refractivity contribution >= 4 is 23.8 Å². The molecule has 4 aliphatic rings. The molecule has 0 aromatic heterocycles. The van der Waals surface area contributed by atoms with Crippen molar-refractivity contribution in [3.63, 3.8) is 0 Å². The summed E-state index contributed by atoms with van der Waals surface area (Å²) in [6, 6.07) is 40.2. The molecule has 8 rings (SSSR count). The molecule has 13 heteroatoms. The van der Waals surface area contributed by atoms with Gasteiger partial charge in [0.15, 0.2) is 0 Å². The van der Waals surface area contributed by atoms with Gasteiger partial charge in [0.1, 0.15) is 12.1 Å². The molecule has 73 heavy (non-hydrogen) atoms. The van der Waals surface area contributed by atoms with Gasteiger partial charge in [-0.3, -0.25) is 9.59 Å². The maximum Gasteiger partial charge on any atom is 1.00 e. The molecule has 4 aromatic carbocycles. The van der Waals surface area contributed by atoms with Gasteiger partial charge in [0.25, 0.3) is 0 Å². The number of ether oxygens (including phenoxy) is 1. The average Bonchev–Trinajstić information content (AvgIpc) is 4.06. The first-order chi connectivity index (χ1) is 33.6. The molecule has 2 saturated carbocycles. The quantitative estimate of drug-likeness (QED) is 0.0845. The van der Waals surface area contributed by atoms with E-state index in [1.54, 1.807) is 4.90 Å². The SMILES string of the molecule is C.CN(CCCc1ccccc1)[C@H]1C[C@@H](C(=O)O)N(C(=O)C(c2ccccc2)C2CCCCC2)C1.COC(=O)[C@@H]1C[C@H](N(C)CCCc2ccccc2)CN1C(=O)C(c1ccccc1)C1CCCCC1.O.[Li+].[OH-]. The fourth-order valence-corrected chi connectivity index (χ4v) is 11.9. The minimum absolute atomic E-state index is 0. The Kier molecular flexibility index (Phi) is 27.2. The van der Waals surface area contributed by atoms with E-state index in [0.717, 1.165) is 88.4 Å². The minimum atomic E-state index is -0.885. The summed E-state index contributed by atoms with van der Waals surface area (Å²) in [5.74, 6) is -0.890. The predicted molar refractivity (Wildman–Crippen MR) is 286 cm³/mol. The second-order valence-corrected chi connectivity index (χ2v) is 20.4. The number of hydrogen-bond acceptors (Lipinski definition) is 8. The molecule has 0 bridgehead atoms. The van der Waals surface area contributed by atoms with E-state index in [0.29, 0.717) is 37.8 Å². The molecule has 2 aliphatic heterocycles. The van der Waals surface area contributed by atoms with Crippen LogP contribution < -0.4 is 18.9 Å². The van der Waals surface area contributed by atoms with Crippen LogP contribution in [0.4, 0.5) is 0 Å². The van der Waals surface area contributed by atoms with Crippen LogP contribution in [0, 0.1) is 11.8 Å². The summed E-state index contributed by atoms with van der Waals surface area (Å²) in [7, 11) is 5.61. The molecule has 2 saturated heterocycles. The minimum Gasteiger partial charge on any atom is -0.870 e. The molecule has 4 fully saturated rings. The molecule has 4 N–H and O–H groups in total. The van der Waals surface area contributed by atoms with E-state index in [1.807, 2.05) is 65.6 Å². The third-order valence-corrected chi connectivity index (χ3v) is 15.9. The first-order valence-corrected chi connectivity index (χ1v) is 26.1. The molecule has 2 amide bonds. The molecule has 0 spiro atoms. The van der Waals surface area contributed by atoms with E-state index in [1.165, 1.54) is 43.9 Å². The van der Waals surface area contributed by atoms with Gasteiger partial charge >= 0.3 is 30.8 Å². The number of carbonyl (C=O) groups excluding carboxylic acids is 3. The summed E-state index contributed by atoms with van der Waals surface area (Å²) >= 11 is 0. The van der Waals surface area contributed by atoms with E-state index in [4.69, 9.17) is 4.74 Å². The molecule has 2 aliphatic carbocycles. The van der Waals surface area contributed by atoms with Crippen LogP contribution in [0.15, 0.2) is 121 Å². The molecule has 2 unspecified atom stereocenters. The Hall–Kier alpha value is -4.80. The number of rotatable bonds is 18. The van der Waals surface area contributed by atoms with E-state index in [9.17, 15) is 24.3 Å². The van der Waals surface area contributed by atoms with E-state index >= 15 is 0 Å². The number of likely N-dealkylation sites (N-methyl/N-ethyl adjacent to an activating group) is 2. The van der Waals surface area contributed by atoms with Gasteiger partial charge in [-0.2, -0.15) is 0 Å². The zero-order valence-electron chi connectivity index (χ0n) is 43.5. The molecule has 12 nitrogen and oxygen atoms in total. The predicted octanol–water partition coefficient (Wildman–Crippen LogP) is 6.67. The maximum absolute atomic E-state index is 14.1. The van der Waals surface area contributed by atoms with Crippen LogP contribution in [0.25, 0.3) is 0 Å². The maximum atomic E-state index is 14.1. The Morgan fingerprint density at radius 2 is 0.918 bits per heavy atom. The topological polar surface area (TPSA) is 172 Å². The van der Waals surface area contributed by atoms with Gasteiger partial charge in [0.2, 0.25) is 11.8 Å². The van der Waals surface area contributed by atoms with Crippen molar-refractivity contribution < 1.29 is 58.8 Å². The van der Waals surface area contributed by atoms with Crippen molar-refractivity contribution in [2.45, 2.75) is 146 Å². The number of benzene rings is 4. The van der Waals surface area contributed by atoms with Crippen molar-refractivity contribution in [3.05, 3.63) is 144 Å². The zero-order chi connectivity index (χ0) is 48.5. The monoisotopic (exact) mass is 997 g/mol. The zero-order valence-corrected chi connectivity index (χ0v) is 43.5. The first kappa shape index (κ1) is 62.5. The smallest absolute Gasteiger partial charge is 0.870 e. The van der Waals surface area contributed by atoms with Gasteiger partial charge in [-0.1, -0.05) is 167 Å². The van der Waals surface area contributed by atoms with Gasteiger partial charge in [0, 0.05) is 25.2 Å². The number of nitrogens with zero attached hydrogens (tertiary/aromatic N) is 4. The van der Waals surface area contributed by atoms with Crippen molar-refractivity contribution in [1.82, 2.24) is 19.6 Å². The first-order valence-electron chi connectivity index (χ1n) is 26.1. The molecule has 394 valence electrons. The van der Waals surface area contributed by atoms with Gasteiger partial charge in [0.05, 0.1) is 18.9 Å². The van der Waals surface area contributed by atoms with Gasteiger partial charge in [-0.25, -0.2) is 9.59 Å². The summed E-state index contributed by atoms with van der Waals surface area (Å²) in [4.78, 5) is 61.2. The van der Waals surface area contributed by atoms with Crippen LogP contribution in [-0.2, 0) is 36.8 Å². The molecular weight excluding hydrogens is 912 g/mol. The number of carboxylic acids is 1. The molecular formula is C60H85LiN4O8. The number of aryl methyl sites for hydroxylation is 2. The summed E-state index contributed by atoms with van der Waals surface area (Å²) in [6.07, 6.45) is 16.6. The number of carbonyl (C=O) groups is 4. The van der Waals surface area contributed by atoms with Crippen molar-refractivity contribution in [2.75, 3.05) is 47.4 Å². The van der Waals surface area contributed by atoms with Gasteiger partial charge in [-0.05, 0) is 125 Å². The summed E-state index contributed by atoms with van der Waals surface area (Å²) in [5.41, 5.74) is 4.77. The average molecular weight is 997 g/mol. The van der Waals surface area contributed by atoms with E-state index < -0.39 is 18.1 Å². The van der Waals surface area contributed by atoms with Crippen molar-refractivity contribution in [3.8, 4) is 0 Å². The fourth-order valence-electron chi connectivity index (χ4n) is 11.9. The van der Waals surface area contributed by atoms with Crippen LogP contribution in [0.5, 0.6) is 0 Å². The van der Waals surface area contributed by atoms with Crippen LogP contribution >= 0.6 is 0 Å². The Morgan fingerprint density at radius 3 is 1.27 bits per heavy atom. The van der Waals surface area contributed by atoms with Crippen molar-refractivity contribution in [2.24, 2.45) is 11.8 Å². The Labute approximate surface area is 449 Å². The van der Waals surface area contributed by atoms with Gasteiger partial charge < -0.3 is 40.4 Å². The molecule has 6 atom stereocenters. The Balaban J connectivity index is 0.000000365. The number of amides is 2. The molecule has 0 radical (unpaired) electrons. The van der Waals surface area contributed by atoms with Gasteiger partial charge in [-0.15, -0.1) is 0 Å². The summed E-state index contributed by atoms with van der Waals surface area (Å²) in [6.45, 7) is 2.89. The third-order valence-electron chi connectivity index (χ3n) is 15.9. The Bertz CT molecular complexity index is 2200. The fraction of sp³-hybridized carbons (Fsp3) is 0.533. The van der Waals surface area contributed by atoms with Crippen LogP contribution in [0.2, 0.25) is 0 Å². The Morgan fingerprint density at radius 1 is 0.575 bits per heavy atom. The largest absolute Gasteiger partial charge is 1.00 e. The summed E-state index contributed by atoms with van der Waals surface area (Å²) in [5, 5.41) is 10.0. The molecule has 4 aromatic rings. The number of esters is 1. The normalized spacial score (nSPS) is 20.7. The van der Waals surface area contributed by atoms with Crippen molar-refractivity contribution in [1.29, 1.82) is 0 Å². The summed E-state index contributed by atoms with van der Waals surface area (Å²) < 4.78 is 5.16. The third kappa shape index (κ3) is 17.1. The number of aliphatic carboxylic acids is 1. The number of hydrogen-bond donors (Lipinski definition) is 1. The number of carboxylic acid groups (broad SMARTS) is 1. The van der Waals surface area contributed by atoms with Crippen LogP contribution in [0.3, 0.4) is 0 Å². The molecule has 2 heterocycles. The van der Waals surface area contributed by atoms with E-state index in [-0.39, 0.29) is 78.9 Å². The van der Waals surface area contributed by atoms with Crippen LogP contribution in [-0.4, -0.2) is 131 Å². The number of methoxy groups -OCH3 is 1. The second kappa shape index (κ2) is 31.8. The standard InChI is InChI=1S/C30H40N2O3.C29H38N2O3.CH4.Li.2H2O/c1-31(20-12-15-23-13-6-3-7-14-23)26-21-27(30(34)35-2)32(22-26)29(33)28(24-16-8-4-9-17-24)25-18-10-5-11-19-25;1-30(19-11-14-22-12-5-2-6-13-22)25-20-26(29(33)34)31(21-25)28(32)27(23-15-7-3-8-16-23)24-17-9-4-10-18-24;;;;/h3-4,6-9,13-14,16-17,25-28H,5,10-12,15,18-22H2,1-2H3;2-3,5-8,12-13,15-16,24-27H,4,9-11,14,17-21H2,1H3,(H,33,34);1H4;;2*1H2/q;;;+1;;/p-1/t26-,27-,28?;25-,26-,27?;;;;/m00..../s1.